The van der Waals surface area contributed by atoms with Crippen LogP contribution in [0, 0.1) is 0 Å². The number of anilines is 1. The maximum absolute atomic E-state index is 12.2. The van der Waals surface area contributed by atoms with Crippen molar-refractivity contribution in [3.05, 3.63) is 11.6 Å². The summed E-state index contributed by atoms with van der Waals surface area (Å²) in [6.45, 7) is 5.34. The van der Waals surface area contributed by atoms with Crippen LogP contribution in [0.25, 0.3) is 11.2 Å². The van der Waals surface area contributed by atoms with Gasteiger partial charge >= 0.3 is 15.2 Å². The van der Waals surface area contributed by atoms with Crippen molar-refractivity contribution in [3.63, 3.8) is 0 Å². The van der Waals surface area contributed by atoms with Crippen LogP contribution in [-0.4, -0.2) is 88.3 Å². The molecular weight excluding hydrogens is 732 g/mol. The summed E-state index contributed by atoms with van der Waals surface area (Å²) in [6, 6.07) is 0. The van der Waals surface area contributed by atoms with Crippen LogP contribution in [0.5, 0.6) is 0 Å². The topological polar surface area (TPSA) is 201 Å². The van der Waals surface area contributed by atoms with Gasteiger partial charge in [-0.25, -0.2) is 4.98 Å². The first-order valence-corrected chi connectivity index (χ1v) is 23.5. The number of aliphatic hydroxyl groups excluding tert-OH is 2. The SMILES string of the molecule is CCCCCCCCCCCCN(CCCCCCCCCCCC)c1nc(Cl)nc2c1ncn2[C@@H]1O[C@H](COP(=O)(O)CP(=O)(O)O)[C@H](O)C1O. The largest absolute Gasteiger partial charge is 0.387 e. The van der Waals surface area contributed by atoms with Crippen LogP contribution in [0.2, 0.25) is 5.28 Å². The van der Waals surface area contributed by atoms with Gasteiger partial charge in [-0.05, 0) is 24.4 Å². The molecule has 2 aromatic heterocycles. The highest BCUT2D eigenvalue weighted by Crippen LogP contribution is 2.55. The van der Waals surface area contributed by atoms with E-state index in [0.717, 1.165) is 38.8 Å². The third-order valence-corrected chi connectivity index (χ3v) is 13.3. The lowest BCUT2D eigenvalue weighted by Crippen LogP contribution is -2.33. The molecule has 300 valence electrons. The highest BCUT2D eigenvalue weighted by molar-refractivity contribution is 7.70. The minimum atomic E-state index is -4.84. The van der Waals surface area contributed by atoms with Crippen molar-refractivity contribution in [2.45, 2.75) is 167 Å². The van der Waals surface area contributed by atoms with Gasteiger partial charge in [0.1, 0.15) is 18.3 Å². The van der Waals surface area contributed by atoms with Gasteiger partial charge in [0, 0.05) is 13.1 Å². The summed E-state index contributed by atoms with van der Waals surface area (Å²) in [5.74, 6) is -0.791. The second-order valence-corrected chi connectivity index (χ2v) is 18.6. The Kier molecular flexibility index (Phi) is 20.6. The molecule has 0 spiro atoms. The number of imidazole rings is 1. The fourth-order valence-corrected chi connectivity index (χ4v) is 9.48. The Morgan fingerprint density at radius 2 is 1.25 bits per heavy atom. The van der Waals surface area contributed by atoms with E-state index in [4.69, 9.17) is 30.6 Å². The van der Waals surface area contributed by atoms with Gasteiger partial charge < -0.3 is 39.1 Å². The van der Waals surface area contributed by atoms with Gasteiger partial charge in [-0.15, -0.1) is 0 Å². The lowest BCUT2D eigenvalue weighted by atomic mass is 10.1. The number of hydrogen-bond acceptors (Lipinski definition) is 10. The molecule has 3 rings (SSSR count). The maximum Gasteiger partial charge on any atom is 0.340 e. The van der Waals surface area contributed by atoms with Crippen LogP contribution in [0.15, 0.2) is 6.33 Å². The summed E-state index contributed by atoms with van der Waals surface area (Å²) in [7, 11) is -9.55. The number of nitrogens with zero attached hydrogens (tertiary/aromatic N) is 5. The zero-order valence-corrected chi connectivity index (χ0v) is 33.8. The fraction of sp³-hybridized carbons (Fsp3) is 0.857. The molecule has 17 heteroatoms. The van der Waals surface area contributed by atoms with Crippen molar-refractivity contribution >= 4 is 43.8 Å². The fourth-order valence-electron chi connectivity index (χ4n) is 6.75. The predicted octanol–water partition coefficient (Wildman–Crippen LogP) is 8.08. The van der Waals surface area contributed by atoms with Crippen molar-refractivity contribution in [2.24, 2.45) is 0 Å². The van der Waals surface area contributed by atoms with E-state index in [0.29, 0.717) is 17.0 Å². The maximum atomic E-state index is 12.2. The molecule has 0 aliphatic carbocycles. The van der Waals surface area contributed by atoms with E-state index in [1.807, 2.05) is 0 Å². The number of aromatic nitrogens is 4. The number of unbranched alkanes of at least 4 members (excludes halogenated alkanes) is 18. The number of ether oxygens (including phenoxy) is 1. The number of rotatable bonds is 29. The molecule has 1 aliphatic heterocycles. The van der Waals surface area contributed by atoms with E-state index in [-0.39, 0.29) is 5.28 Å². The molecule has 0 saturated carbocycles. The molecule has 0 aromatic carbocycles. The van der Waals surface area contributed by atoms with Gasteiger partial charge in [0.25, 0.3) is 0 Å². The summed E-state index contributed by atoms with van der Waals surface area (Å²) < 4.78 is 35.5. The summed E-state index contributed by atoms with van der Waals surface area (Å²) in [6.07, 6.45) is 20.5. The molecule has 0 bridgehead atoms. The molecule has 2 unspecified atom stereocenters. The van der Waals surface area contributed by atoms with E-state index < -0.39 is 52.2 Å². The van der Waals surface area contributed by atoms with E-state index in [9.17, 15) is 24.2 Å². The Bertz CT molecular complexity index is 1380. The van der Waals surface area contributed by atoms with Crippen LogP contribution in [0.4, 0.5) is 5.82 Å². The van der Waals surface area contributed by atoms with Crippen LogP contribution in [-0.2, 0) is 18.4 Å². The van der Waals surface area contributed by atoms with Gasteiger partial charge in [-0.3, -0.25) is 13.7 Å². The zero-order chi connectivity index (χ0) is 38.0. The van der Waals surface area contributed by atoms with Gasteiger partial charge in [0.05, 0.1) is 12.9 Å². The highest BCUT2D eigenvalue weighted by atomic mass is 35.5. The van der Waals surface area contributed by atoms with Gasteiger partial charge in [0.2, 0.25) is 5.28 Å². The Morgan fingerprint density at radius 3 is 1.73 bits per heavy atom. The van der Waals surface area contributed by atoms with Crippen LogP contribution < -0.4 is 4.90 Å². The second kappa shape index (κ2) is 23.7. The average Bonchev–Trinajstić information content (AvgIpc) is 3.62. The summed E-state index contributed by atoms with van der Waals surface area (Å²) in [5, 5.41) is 21.6. The summed E-state index contributed by atoms with van der Waals surface area (Å²) >= 11 is 6.49. The quantitative estimate of drug-likeness (QED) is 0.0301. The van der Waals surface area contributed by atoms with Crippen molar-refractivity contribution in [1.29, 1.82) is 0 Å². The number of hydrogen-bond donors (Lipinski definition) is 5. The normalized spacial score (nSPS) is 20.5. The van der Waals surface area contributed by atoms with Crippen molar-refractivity contribution in [1.82, 2.24) is 19.5 Å². The van der Waals surface area contributed by atoms with Crippen LogP contribution >= 0.6 is 26.8 Å². The molecule has 3 heterocycles. The van der Waals surface area contributed by atoms with Gasteiger partial charge in [0.15, 0.2) is 29.1 Å². The van der Waals surface area contributed by atoms with Crippen molar-refractivity contribution in [3.8, 4) is 0 Å². The molecule has 1 saturated heterocycles. The molecule has 14 nitrogen and oxygen atoms in total. The standard InChI is InChI=1S/C35H64ClN5O9P2/c1-3-5-7-9-11-13-15-17-19-21-23-40(24-22-20-18-16-14-12-10-8-6-4-2)32-29-33(39-35(36)38-32)41(26-37-29)34-31(43)30(42)28(50-34)25-49-52(47,48)27-51(44,45)46/h26,28,30-31,34,42-43H,3-25,27H2,1-2H3,(H,47,48)(H2,44,45,46)/t28-,30+,31?,34-/m1/s1. The van der Waals surface area contributed by atoms with E-state index in [2.05, 4.69) is 33.7 Å². The Balaban J connectivity index is 1.67. The third kappa shape index (κ3) is 15.9. The molecule has 5 N–H and O–H groups in total. The molecule has 0 radical (unpaired) electrons. The van der Waals surface area contributed by atoms with Crippen molar-refractivity contribution in [2.75, 3.05) is 30.5 Å². The lowest BCUT2D eigenvalue weighted by molar-refractivity contribution is -0.0483. The predicted molar refractivity (Wildman–Crippen MR) is 205 cm³/mol. The highest BCUT2D eigenvalue weighted by Gasteiger charge is 2.46. The van der Waals surface area contributed by atoms with E-state index in [1.165, 1.54) is 114 Å². The summed E-state index contributed by atoms with van der Waals surface area (Å²) in [5.41, 5.74) is 0.758. The molecule has 0 amide bonds. The average molecular weight is 796 g/mol. The summed E-state index contributed by atoms with van der Waals surface area (Å²) in [4.78, 5) is 43.8. The molecule has 5 atom stereocenters. The monoisotopic (exact) mass is 795 g/mol. The number of aliphatic hydroxyl groups is 2. The lowest BCUT2D eigenvalue weighted by Gasteiger charge is -2.24. The minimum Gasteiger partial charge on any atom is -0.387 e. The van der Waals surface area contributed by atoms with E-state index >= 15 is 0 Å². The smallest absolute Gasteiger partial charge is 0.340 e. The third-order valence-electron chi connectivity index (χ3n) is 9.65. The molecular formula is C35H64ClN5O9P2. The van der Waals surface area contributed by atoms with Gasteiger partial charge in [-0.1, -0.05) is 129 Å². The Hall–Kier alpha value is -1.18. The minimum absolute atomic E-state index is 0.00743. The first-order chi connectivity index (χ1) is 24.9. The molecule has 1 aliphatic rings. The van der Waals surface area contributed by atoms with Crippen molar-refractivity contribution < 1.29 is 43.3 Å². The second-order valence-electron chi connectivity index (χ2n) is 14.3. The zero-order valence-electron chi connectivity index (χ0n) is 31.2. The van der Waals surface area contributed by atoms with Crippen LogP contribution in [0.3, 0.4) is 0 Å². The molecule has 52 heavy (non-hydrogen) atoms. The molecule has 2 aromatic rings. The van der Waals surface area contributed by atoms with Gasteiger partial charge in [-0.2, -0.15) is 9.97 Å². The first kappa shape index (κ1) is 45.2. The Labute approximate surface area is 314 Å². The van der Waals surface area contributed by atoms with E-state index in [1.54, 1.807) is 0 Å². The molecule has 1 fully saturated rings. The Morgan fingerprint density at radius 1 is 0.769 bits per heavy atom. The van der Waals surface area contributed by atoms with Crippen LogP contribution in [0.1, 0.15) is 148 Å². The number of halogens is 1. The number of fused-ring (bicyclic) bond motifs is 1. The first-order valence-electron chi connectivity index (χ1n) is 19.5.